The standard InChI is InChI=1S/C19H18ClN3O2/c1-3-12-7-8-18(24)13(9-12)16-10-17(23-22-16)19(25)21-15-6-4-5-14(20)11(15)2/h4-10,24H,3H2,1-2H3,(H,21,25)(H,22,23). The zero-order valence-corrected chi connectivity index (χ0v) is 14.7. The maximum Gasteiger partial charge on any atom is 0.273 e. The third kappa shape index (κ3) is 3.51. The summed E-state index contributed by atoms with van der Waals surface area (Å²) in [4.78, 5) is 12.4. The van der Waals surface area contributed by atoms with E-state index in [1.807, 2.05) is 26.0 Å². The van der Waals surface area contributed by atoms with Gasteiger partial charge >= 0.3 is 0 Å². The molecule has 0 unspecified atom stereocenters. The van der Waals surface area contributed by atoms with E-state index < -0.39 is 0 Å². The topological polar surface area (TPSA) is 78.0 Å². The molecule has 3 aromatic rings. The first-order valence-corrected chi connectivity index (χ1v) is 8.31. The Bertz CT molecular complexity index is 934. The van der Waals surface area contributed by atoms with Crippen molar-refractivity contribution in [3.63, 3.8) is 0 Å². The van der Waals surface area contributed by atoms with Gasteiger partial charge in [0.2, 0.25) is 0 Å². The molecule has 0 atom stereocenters. The van der Waals surface area contributed by atoms with Gasteiger partial charge in [0, 0.05) is 16.3 Å². The van der Waals surface area contributed by atoms with E-state index in [1.165, 1.54) is 0 Å². The van der Waals surface area contributed by atoms with Gasteiger partial charge in [0.1, 0.15) is 11.4 Å². The summed E-state index contributed by atoms with van der Waals surface area (Å²) in [6, 6.07) is 12.3. The van der Waals surface area contributed by atoms with Gasteiger partial charge in [0.25, 0.3) is 5.91 Å². The van der Waals surface area contributed by atoms with Crippen molar-refractivity contribution in [3.8, 4) is 17.0 Å². The second kappa shape index (κ2) is 6.99. The number of nitrogens with zero attached hydrogens (tertiary/aromatic N) is 1. The summed E-state index contributed by atoms with van der Waals surface area (Å²) < 4.78 is 0. The first kappa shape index (κ1) is 17.0. The molecule has 2 aromatic carbocycles. The summed E-state index contributed by atoms with van der Waals surface area (Å²) in [6.07, 6.45) is 0.846. The molecule has 0 saturated heterocycles. The molecular formula is C19H18ClN3O2. The summed E-state index contributed by atoms with van der Waals surface area (Å²) in [7, 11) is 0. The number of phenolic OH excluding ortho intramolecular Hbond substituents is 1. The summed E-state index contributed by atoms with van der Waals surface area (Å²) in [6.45, 7) is 3.87. The van der Waals surface area contributed by atoms with Crippen molar-refractivity contribution in [1.82, 2.24) is 10.2 Å². The molecule has 1 aromatic heterocycles. The predicted octanol–water partition coefficient (Wildman–Crippen LogP) is 4.56. The number of aromatic hydroxyl groups is 1. The van der Waals surface area contributed by atoms with Crippen molar-refractivity contribution in [2.45, 2.75) is 20.3 Å². The molecule has 128 valence electrons. The lowest BCUT2D eigenvalue weighted by Gasteiger charge is -2.08. The summed E-state index contributed by atoms with van der Waals surface area (Å²) >= 11 is 6.07. The lowest BCUT2D eigenvalue weighted by atomic mass is 10.1. The number of carbonyl (C=O) groups excluding carboxylic acids is 1. The normalized spacial score (nSPS) is 10.7. The molecule has 3 N–H and O–H groups in total. The largest absolute Gasteiger partial charge is 0.507 e. The van der Waals surface area contributed by atoms with Crippen LogP contribution >= 0.6 is 11.6 Å². The minimum atomic E-state index is -0.324. The van der Waals surface area contributed by atoms with Crippen LogP contribution in [0.5, 0.6) is 5.75 Å². The Morgan fingerprint density at radius 2 is 2.08 bits per heavy atom. The van der Waals surface area contributed by atoms with Gasteiger partial charge in [0.05, 0.1) is 5.69 Å². The smallest absolute Gasteiger partial charge is 0.273 e. The number of halogens is 1. The molecule has 0 saturated carbocycles. The highest BCUT2D eigenvalue weighted by atomic mass is 35.5. The summed E-state index contributed by atoms with van der Waals surface area (Å²) in [5.74, 6) is -0.198. The minimum absolute atomic E-state index is 0.126. The molecule has 3 rings (SSSR count). The minimum Gasteiger partial charge on any atom is -0.507 e. The molecule has 25 heavy (non-hydrogen) atoms. The lowest BCUT2D eigenvalue weighted by molar-refractivity contribution is 0.102. The highest BCUT2D eigenvalue weighted by molar-refractivity contribution is 6.31. The maximum atomic E-state index is 12.4. The number of aryl methyl sites for hydroxylation is 1. The van der Waals surface area contributed by atoms with E-state index >= 15 is 0 Å². The molecule has 0 aliphatic rings. The first-order valence-electron chi connectivity index (χ1n) is 7.93. The fourth-order valence-corrected chi connectivity index (χ4v) is 2.69. The van der Waals surface area contributed by atoms with E-state index in [0.29, 0.717) is 27.7 Å². The second-order valence-corrected chi connectivity index (χ2v) is 6.15. The monoisotopic (exact) mass is 355 g/mol. The Kier molecular flexibility index (Phi) is 4.76. The molecule has 0 radical (unpaired) electrons. The number of phenols is 1. The lowest BCUT2D eigenvalue weighted by Crippen LogP contribution is -2.13. The molecule has 0 bridgehead atoms. The van der Waals surface area contributed by atoms with E-state index in [1.54, 1.807) is 30.3 Å². The molecule has 0 spiro atoms. The number of hydrogen-bond donors (Lipinski definition) is 3. The van der Waals surface area contributed by atoms with Crippen molar-refractivity contribution in [2.75, 3.05) is 5.32 Å². The van der Waals surface area contributed by atoms with Crippen molar-refractivity contribution in [1.29, 1.82) is 0 Å². The zero-order valence-electron chi connectivity index (χ0n) is 13.9. The Hall–Kier alpha value is -2.79. The van der Waals surface area contributed by atoms with Crippen LogP contribution in [0, 0.1) is 6.92 Å². The van der Waals surface area contributed by atoms with Crippen molar-refractivity contribution in [2.24, 2.45) is 0 Å². The molecule has 0 aliphatic carbocycles. The number of aromatic nitrogens is 2. The average Bonchev–Trinajstić information content (AvgIpc) is 3.09. The van der Waals surface area contributed by atoms with Gasteiger partial charge in [-0.2, -0.15) is 5.10 Å². The Balaban J connectivity index is 1.86. The number of H-pyrrole nitrogens is 1. The van der Waals surface area contributed by atoms with Gasteiger partial charge in [-0.05, 0) is 54.8 Å². The van der Waals surface area contributed by atoms with Crippen LogP contribution in [0.1, 0.15) is 28.5 Å². The first-order chi connectivity index (χ1) is 12.0. The number of aromatic amines is 1. The van der Waals surface area contributed by atoms with Crippen LogP contribution in [0.2, 0.25) is 5.02 Å². The SMILES string of the molecule is CCc1ccc(O)c(-c2cc(C(=O)Nc3cccc(Cl)c3C)[nH]n2)c1. The van der Waals surface area contributed by atoms with Crippen LogP contribution in [-0.2, 0) is 6.42 Å². The van der Waals surface area contributed by atoms with Gasteiger partial charge < -0.3 is 10.4 Å². The second-order valence-electron chi connectivity index (χ2n) is 5.74. The number of anilines is 1. The Morgan fingerprint density at radius 1 is 1.28 bits per heavy atom. The van der Waals surface area contributed by atoms with E-state index in [4.69, 9.17) is 11.6 Å². The fourth-order valence-electron chi connectivity index (χ4n) is 2.52. The third-order valence-corrected chi connectivity index (χ3v) is 4.49. The Morgan fingerprint density at radius 3 is 2.84 bits per heavy atom. The summed E-state index contributed by atoms with van der Waals surface area (Å²) in [5.41, 5.74) is 3.93. The van der Waals surface area contributed by atoms with Crippen LogP contribution in [0.15, 0.2) is 42.5 Å². The average molecular weight is 356 g/mol. The van der Waals surface area contributed by atoms with Crippen LogP contribution < -0.4 is 5.32 Å². The molecule has 0 aliphatic heterocycles. The van der Waals surface area contributed by atoms with Gasteiger partial charge in [0.15, 0.2) is 0 Å². The van der Waals surface area contributed by atoms with Crippen molar-refractivity contribution < 1.29 is 9.90 Å². The van der Waals surface area contributed by atoms with Crippen molar-refractivity contribution >= 4 is 23.2 Å². The van der Waals surface area contributed by atoms with Crippen molar-refractivity contribution in [3.05, 3.63) is 64.3 Å². The predicted molar refractivity (Wildman–Crippen MR) is 99.2 cm³/mol. The maximum absolute atomic E-state index is 12.4. The number of benzene rings is 2. The molecule has 6 heteroatoms. The van der Waals surface area contributed by atoms with Crippen LogP contribution in [0.4, 0.5) is 5.69 Å². The Labute approximate surface area is 150 Å². The number of carbonyl (C=O) groups is 1. The van der Waals surface area contributed by atoms with Gasteiger partial charge in [-0.25, -0.2) is 0 Å². The van der Waals surface area contributed by atoms with E-state index in [-0.39, 0.29) is 11.7 Å². The molecular weight excluding hydrogens is 338 g/mol. The number of amides is 1. The highest BCUT2D eigenvalue weighted by Gasteiger charge is 2.15. The molecule has 5 nitrogen and oxygen atoms in total. The van der Waals surface area contributed by atoms with Gasteiger partial charge in [-0.1, -0.05) is 30.7 Å². The van der Waals surface area contributed by atoms with Gasteiger partial charge in [-0.3, -0.25) is 9.89 Å². The molecule has 1 heterocycles. The summed E-state index contributed by atoms with van der Waals surface area (Å²) in [5, 5.41) is 20.3. The number of rotatable bonds is 4. The zero-order chi connectivity index (χ0) is 18.0. The van der Waals surface area contributed by atoms with E-state index in [2.05, 4.69) is 15.5 Å². The van der Waals surface area contributed by atoms with Crippen LogP contribution in [0.25, 0.3) is 11.3 Å². The quantitative estimate of drug-likeness (QED) is 0.642. The third-order valence-electron chi connectivity index (χ3n) is 4.08. The van der Waals surface area contributed by atoms with E-state index in [9.17, 15) is 9.90 Å². The number of hydrogen-bond acceptors (Lipinski definition) is 3. The fraction of sp³-hybridized carbons (Fsp3) is 0.158. The highest BCUT2D eigenvalue weighted by Crippen LogP contribution is 2.29. The van der Waals surface area contributed by atoms with Crippen LogP contribution in [-0.4, -0.2) is 21.2 Å². The molecule has 0 fully saturated rings. The van der Waals surface area contributed by atoms with Crippen LogP contribution in [0.3, 0.4) is 0 Å². The molecule has 1 amide bonds. The van der Waals surface area contributed by atoms with Gasteiger partial charge in [-0.15, -0.1) is 0 Å². The van der Waals surface area contributed by atoms with E-state index in [0.717, 1.165) is 17.5 Å². The number of nitrogens with one attached hydrogen (secondary N) is 2.